The van der Waals surface area contributed by atoms with E-state index in [-0.39, 0.29) is 29.2 Å². The summed E-state index contributed by atoms with van der Waals surface area (Å²) in [6.45, 7) is 4.29. The lowest BCUT2D eigenvalue weighted by Crippen LogP contribution is -2.50. The number of carbonyl (C=O) groups excluding carboxylic acids is 2. The average molecular weight is 546 g/mol. The Hall–Kier alpha value is -3.75. The molecule has 8 heteroatoms. The summed E-state index contributed by atoms with van der Waals surface area (Å²) in [4.78, 5) is 28.9. The number of nitrogens with one attached hydrogen (secondary N) is 2. The van der Waals surface area contributed by atoms with E-state index < -0.39 is 16.1 Å². The van der Waals surface area contributed by atoms with Gasteiger partial charge in [0.25, 0.3) is 0 Å². The molecule has 39 heavy (non-hydrogen) atoms. The molecule has 204 valence electrons. The maximum Gasteiger partial charge on any atom is 0.243 e. The molecule has 1 aliphatic rings. The summed E-state index contributed by atoms with van der Waals surface area (Å²) >= 11 is 0. The minimum atomic E-state index is -3.53. The molecule has 0 aliphatic heterocycles. The number of nitrogens with zero attached hydrogens (tertiary/aromatic N) is 1. The van der Waals surface area contributed by atoms with Crippen molar-refractivity contribution in [3.05, 3.63) is 114 Å². The molecule has 0 radical (unpaired) electrons. The Morgan fingerprint density at radius 3 is 2.10 bits per heavy atom. The van der Waals surface area contributed by atoms with Crippen LogP contribution < -0.4 is 10.0 Å². The molecular weight excluding hydrogens is 510 g/mol. The van der Waals surface area contributed by atoms with Gasteiger partial charge < -0.3 is 10.2 Å². The Labute approximate surface area is 231 Å². The molecule has 3 aromatic rings. The highest BCUT2D eigenvalue weighted by molar-refractivity contribution is 7.89. The van der Waals surface area contributed by atoms with E-state index in [0.29, 0.717) is 25.9 Å². The number of rotatable bonds is 14. The van der Waals surface area contributed by atoms with E-state index in [9.17, 15) is 18.0 Å². The number of hydrogen-bond donors (Lipinski definition) is 2. The second-order valence-corrected chi connectivity index (χ2v) is 11.5. The Morgan fingerprint density at radius 1 is 0.897 bits per heavy atom. The number of benzene rings is 3. The van der Waals surface area contributed by atoms with Crippen LogP contribution in [0.3, 0.4) is 0 Å². The van der Waals surface area contributed by atoms with Crippen molar-refractivity contribution in [2.24, 2.45) is 0 Å². The average Bonchev–Trinajstić information content (AvgIpc) is 3.77. The normalized spacial score (nSPS) is 13.8. The molecular formula is C31H35N3O4S. The largest absolute Gasteiger partial charge is 0.351 e. The third-order valence-corrected chi connectivity index (χ3v) is 8.18. The van der Waals surface area contributed by atoms with E-state index in [2.05, 4.69) is 16.6 Å². The summed E-state index contributed by atoms with van der Waals surface area (Å²) in [7, 11) is -3.53. The summed E-state index contributed by atoms with van der Waals surface area (Å²) in [5.74, 6) is -0.388. The van der Waals surface area contributed by atoms with Crippen LogP contribution in [0.2, 0.25) is 0 Å². The molecule has 1 atom stereocenters. The fourth-order valence-corrected chi connectivity index (χ4v) is 5.65. The molecule has 4 rings (SSSR count). The Morgan fingerprint density at radius 2 is 1.51 bits per heavy atom. The van der Waals surface area contributed by atoms with Gasteiger partial charge in [0.1, 0.15) is 6.04 Å². The maximum atomic E-state index is 13.7. The molecule has 1 saturated carbocycles. The van der Waals surface area contributed by atoms with Gasteiger partial charge in [-0.25, -0.2) is 13.1 Å². The number of sulfonamides is 1. The van der Waals surface area contributed by atoms with Crippen molar-refractivity contribution in [3.63, 3.8) is 0 Å². The molecule has 1 aliphatic carbocycles. The number of amides is 2. The van der Waals surface area contributed by atoms with Gasteiger partial charge >= 0.3 is 0 Å². The van der Waals surface area contributed by atoms with Crippen molar-refractivity contribution < 1.29 is 18.0 Å². The van der Waals surface area contributed by atoms with Crippen LogP contribution in [0.4, 0.5) is 0 Å². The smallest absolute Gasteiger partial charge is 0.243 e. The minimum Gasteiger partial charge on any atom is -0.351 e. The van der Waals surface area contributed by atoms with Crippen LogP contribution in [0, 0.1) is 0 Å². The van der Waals surface area contributed by atoms with Crippen LogP contribution in [-0.4, -0.2) is 43.8 Å². The second-order valence-electron chi connectivity index (χ2n) is 9.79. The first-order chi connectivity index (χ1) is 18.9. The van der Waals surface area contributed by atoms with Crippen molar-refractivity contribution >= 4 is 21.8 Å². The summed E-state index contributed by atoms with van der Waals surface area (Å²) in [6.07, 6.45) is 4.34. The minimum absolute atomic E-state index is 0.0374. The van der Waals surface area contributed by atoms with E-state index in [1.807, 2.05) is 60.7 Å². The third kappa shape index (κ3) is 8.37. The van der Waals surface area contributed by atoms with Gasteiger partial charge in [-0.3, -0.25) is 9.59 Å². The molecule has 0 saturated heterocycles. The molecule has 2 amide bonds. The lowest BCUT2D eigenvalue weighted by Gasteiger charge is -2.31. The SMILES string of the molecule is C=CCNC(=O)[C@@H](Cc1ccccc1)N(Cc1ccccc1)C(=O)CCc1ccc(S(=O)(=O)NC2CC2)cc1. The van der Waals surface area contributed by atoms with E-state index in [1.54, 1.807) is 35.2 Å². The molecule has 0 unspecified atom stereocenters. The second kappa shape index (κ2) is 13.4. The molecule has 3 aromatic carbocycles. The predicted octanol–water partition coefficient (Wildman–Crippen LogP) is 4.00. The zero-order valence-corrected chi connectivity index (χ0v) is 22.8. The first kappa shape index (κ1) is 28.3. The molecule has 2 N–H and O–H groups in total. The van der Waals surface area contributed by atoms with Gasteiger partial charge in [0.15, 0.2) is 0 Å². The Balaban J connectivity index is 1.52. The molecule has 1 fully saturated rings. The summed E-state index contributed by atoms with van der Waals surface area (Å²) in [6, 6.07) is 25.2. The van der Waals surface area contributed by atoms with Gasteiger partial charge in [-0.05, 0) is 48.1 Å². The van der Waals surface area contributed by atoms with Crippen LogP contribution >= 0.6 is 0 Å². The van der Waals surface area contributed by atoms with Crippen molar-refractivity contribution in [3.8, 4) is 0 Å². The number of aryl methyl sites for hydroxylation is 1. The highest BCUT2D eigenvalue weighted by Crippen LogP contribution is 2.23. The van der Waals surface area contributed by atoms with Gasteiger partial charge in [-0.15, -0.1) is 6.58 Å². The van der Waals surface area contributed by atoms with Crippen LogP contribution in [0.25, 0.3) is 0 Å². The highest BCUT2D eigenvalue weighted by Gasteiger charge is 2.30. The van der Waals surface area contributed by atoms with Gasteiger partial charge in [0.05, 0.1) is 4.90 Å². The van der Waals surface area contributed by atoms with Crippen LogP contribution in [0.5, 0.6) is 0 Å². The van der Waals surface area contributed by atoms with E-state index in [4.69, 9.17) is 0 Å². The van der Waals surface area contributed by atoms with Crippen molar-refractivity contribution in [2.75, 3.05) is 6.54 Å². The molecule has 7 nitrogen and oxygen atoms in total. The topological polar surface area (TPSA) is 95.6 Å². The molecule has 0 heterocycles. The van der Waals surface area contributed by atoms with E-state index >= 15 is 0 Å². The lowest BCUT2D eigenvalue weighted by molar-refractivity contribution is -0.141. The number of carbonyl (C=O) groups is 2. The quantitative estimate of drug-likeness (QED) is 0.299. The monoisotopic (exact) mass is 545 g/mol. The van der Waals surface area contributed by atoms with Gasteiger partial charge in [0, 0.05) is 32.0 Å². The van der Waals surface area contributed by atoms with Gasteiger partial charge in [-0.1, -0.05) is 78.9 Å². The zero-order valence-electron chi connectivity index (χ0n) is 22.0. The van der Waals surface area contributed by atoms with Gasteiger partial charge in [0.2, 0.25) is 21.8 Å². The standard InChI is InChI=1S/C31H35N3O4S/c1-2-21-32-31(36)29(22-25-9-5-3-6-10-25)34(23-26-11-7-4-8-12-26)30(35)20-15-24-13-18-28(19-14-24)39(37,38)33-27-16-17-27/h2-14,18-19,27,29,33H,1,15-17,20-23H2,(H,32,36)/t29-/m1/s1. The first-order valence-corrected chi connectivity index (χ1v) is 14.7. The maximum absolute atomic E-state index is 13.7. The Bertz CT molecular complexity index is 1360. The van der Waals surface area contributed by atoms with Gasteiger partial charge in [-0.2, -0.15) is 0 Å². The summed E-state index contributed by atoms with van der Waals surface area (Å²) < 4.78 is 27.6. The molecule has 0 aromatic heterocycles. The summed E-state index contributed by atoms with van der Waals surface area (Å²) in [5, 5.41) is 2.87. The van der Waals surface area contributed by atoms with Crippen LogP contribution in [0.15, 0.2) is 102 Å². The molecule has 0 bridgehead atoms. The first-order valence-electron chi connectivity index (χ1n) is 13.2. The lowest BCUT2D eigenvalue weighted by atomic mass is 10.0. The Kier molecular flexibility index (Phi) is 9.68. The van der Waals surface area contributed by atoms with Crippen LogP contribution in [0.1, 0.15) is 36.0 Å². The van der Waals surface area contributed by atoms with Crippen molar-refractivity contribution in [1.82, 2.24) is 14.9 Å². The highest BCUT2D eigenvalue weighted by atomic mass is 32.2. The summed E-state index contributed by atoms with van der Waals surface area (Å²) in [5.41, 5.74) is 2.74. The third-order valence-electron chi connectivity index (χ3n) is 6.65. The fourth-order valence-electron chi connectivity index (χ4n) is 4.34. The van der Waals surface area contributed by atoms with Crippen molar-refractivity contribution in [2.45, 2.75) is 55.6 Å². The zero-order chi connectivity index (χ0) is 27.7. The van der Waals surface area contributed by atoms with Crippen molar-refractivity contribution in [1.29, 1.82) is 0 Å². The predicted molar refractivity (Wildman–Crippen MR) is 152 cm³/mol. The van der Waals surface area contributed by atoms with E-state index in [0.717, 1.165) is 29.5 Å². The number of hydrogen-bond acceptors (Lipinski definition) is 4. The van der Waals surface area contributed by atoms with E-state index in [1.165, 1.54) is 0 Å². The molecule has 0 spiro atoms. The fraction of sp³-hybridized carbons (Fsp3) is 0.290. The van der Waals surface area contributed by atoms with Crippen LogP contribution in [-0.2, 0) is 39.0 Å².